The van der Waals surface area contributed by atoms with E-state index in [1.165, 1.54) is 56.3 Å². The van der Waals surface area contributed by atoms with Crippen LogP contribution in [0.1, 0.15) is 43.2 Å². The lowest BCUT2D eigenvalue weighted by atomic mass is 10.1. The molecule has 28 heavy (non-hydrogen) atoms. The van der Waals surface area contributed by atoms with Gasteiger partial charge < -0.3 is 15.5 Å². The summed E-state index contributed by atoms with van der Waals surface area (Å²) in [6, 6.07) is 9.63. The molecule has 6 heteroatoms. The Labute approximate surface area is 188 Å². The van der Waals surface area contributed by atoms with Gasteiger partial charge in [-0.25, -0.2) is 0 Å². The number of piperidine rings is 1. The minimum absolute atomic E-state index is 0. The number of aliphatic imine (C=N–C) groups is 1. The number of nitrogens with zero attached hydrogens (tertiary/aromatic N) is 3. The Morgan fingerprint density at radius 2 is 1.71 bits per heavy atom. The molecule has 1 saturated carbocycles. The molecule has 3 rings (SSSR count). The third-order valence-electron chi connectivity index (χ3n) is 5.87. The molecule has 1 aliphatic heterocycles. The van der Waals surface area contributed by atoms with Crippen LogP contribution < -0.4 is 10.6 Å². The van der Waals surface area contributed by atoms with E-state index in [9.17, 15) is 0 Å². The van der Waals surface area contributed by atoms with Gasteiger partial charge in [-0.1, -0.05) is 30.7 Å². The highest BCUT2D eigenvalue weighted by atomic mass is 127. The fraction of sp³-hybridized carbons (Fsp3) is 0.682. The van der Waals surface area contributed by atoms with Gasteiger partial charge in [-0.15, -0.1) is 24.0 Å². The first-order chi connectivity index (χ1) is 13.2. The number of nitrogens with one attached hydrogen (secondary N) is 2. The lowest BCUT2D eigenvalue weighted by Crippen LogP contribution is -2.45. The molecule has 1 aliphatic carbocycles. The van der Waals surface area contributed by atoms with Crippen LogP contribution in [0.15, 0.2) is 29.3 Å². The van der Waals surface area contributed by atoms with Crippen LogP contribution in [0.2, 0.25) is 0 Å². The molecule has 158 valence electrons. The molecule has 1 saturated heterocycles. The second-order valence-electron chi connectivity index (χ2n) is 8.33. The highest BCUT2D eigenvalue weighted by Crippen LogP contribution is 2.34. The van der Waals surface area contributed by atoms with Crippen molar-refractivity contribution < 1.29 is 0 Å². The quantitative estimate of drug-likeness (QED) is 0.327. The fourth-order valence-electron chi connectivity index (χ4n) is 4.00. The van der Waals surface area contributed by atoms with E-state index in [0.717, 1.165) is 31.5 Å². The number of likely N-dealkylation sites (N-methyl/N-ethyl adjacent to an activating group) is 1. The maximum Gasteiger partial charge on any atom is 0.191 e. The molecule has 1 aromatic rings. The summed E-state index contributed by atoms with van der Waals surface area (Å²) in [6.45, 7) is 5.34. The van der Waals surface area contributed by atoms with Crippen LogP contribution in [0.25, 0.3) is 0 Å². The van der Waals surface area contributed by atoms with Crippen molar-refractivity contribution in [2.24, 2.45) is 10.9 Å². The van der Waals surface area contributed by atoms with E-state index in [-0.39, 0.29) is 24.0 Å². The first kappa shape index (κ1) is 23.4. The first-order valence-electron chi connectivity index (χ1n) is 10.6. The van der Waals surface area contributed by atoms with Gasteiger partial charge in [-0.05, 0) is 69.9 Å². The second kappa shape index (κ2) is 12.0. The average molecular weight is 499 g/mol. The molecule has 2 N–H and O–H groups in total. The lowest BCUT2D eigenvalue weighted by molar-refractivity contribution is 0.221. The Hall–Kier alpha value is -0.860. The van der Waals surface area contributed by atoms with E-state index in [2.05, 4.69) is 63.8 Å². The monoisotopic (exact) mass is 499 g/mol. The van der Waals surface area contributed by atoms with Crippen molar-refractivity contribution in [1.29, 1.82) is 0 Å². The van der Waals surface area contributed by atoms with Crippen molar-refractivity contribution in [2.75, 3.05) is 40.8 Å². The van der Waals surface area contributed by atoms with Gasteiger partial charge in [0.2, 0.25) is 0 Å². The summed E-state index contributed by atoms with van der Waals surface area (Å²) >= 11 is 0. The maximum absolute atomic E-state index is 4.38. The topological polar surface area (TPSA) is 42.9 Å². The summed E-state index contributed by atoms with van der Waals surface area (Å²) in [4.78, 5) is 9.28. The van der Waals surface area contributed by atoms with E-state index >= 15 is 0 Å². The van der Waals surface area contributed by atoms with Crippen LogP contribution in [-0.2, 0) is 13.1 Å². The number of rotatable bonds is 8. The van der Waals surface area contributed by atoms with Crippen molar-refractivity contribution in [3.63, 3.8) is 0 Å². The van der Waals surface area contributed by atoms with Crippen LogP contribution in [0.5, 0.6) is 0 Å². The third kappa shape index (κ3) is 7.52. The molecular weight excluding hydrogens is 461 g/mol. The van der Waals surface area contributed by atoms with Gasteiger partial charge in [0.15, 0.2) is 5.96 Å². The van der Waals surface area contributed by atoms with E-state index < -0.39 is 0 Å². The SMILES string of the molecule is CN=C(NCc1ccc(CN2CCCCC2)cc1)NCC(C1CC1)N(C)C.I. The van der Waals surface area contributed by atoms with Crippen LogP contribution in [-0.4, -0.2) is 62.6 Å². The predicted molar refractivity (Wildman–Crippen MR) is 129 cm³/mol. The molecule has 0 aromatic heterocycles. The standard InChI is InChI=1S/C22H37N5.HI/c1-23-22(25-16-21(26(2)3)20-11-12-20)24-15-18-7-9-19(10-8-18)17-27-13-5-4-6-14-27;/h7-10,20-21H,4-6,11-17H2,1-3H3,(H2,23,24,25);1H. The van der Waals surface area contributed by atoms with E-state index in [0.29, 0.717) is 6.04 Å². The summed E-state index contributed by atoms with van der Waals surface area (Å²) in [7, 11) is 6.19. The molecule has 2 fully saturated rings. The van der Waals surface area contributed by atoms with E-state index in [1.54, 1.807) is 0 Å². The summed E-state index contributed by atoms with van der Waals surface area (Å²) in [5, 5.41) is 6.95. The Kier molecular flexibility index (Phi) is 10.0. The highest BCUT2D eigenvalue weighted by Gasteiger charge is 2.32. The molecule has 0 spiro atoms. The number of benzene rings is 1. The molecule has 0 bridgehead atoms. The zero-order chi connectivity index (χ0) is 19.1. The Morgan fingerprint density at radius 3 is 2.29 bits per heavy atom. The summed E-state index contributed by atoms with van der Waals surface area (Å²) in [5.41, 5.74) is 2.72. The number of likely N-dealkylation sites (tertiary alicyclic amines) is 1. The van der Waals surface area contributed by atoms with Gasteiger partial charge in [0.1, 0.15) is 0 Å². The van der Waals surface area contributed by atoms with Crippen molar-refractivity contribution in [3.8, 4) is 0 Å². The van der Waals surface area contributed by atoms with Gasteiger partial charge in [-0.2, -0.15) is 0 Å². The Bertz CT molecular complexity index is 589. The van der Waals surface area contributed by atoms with Gasteiger partial charge in [-0.3, -0.25) is 9.89 Å². The average Bonchev–Trinajstić information content (AvgIpc) is 3.51. The maximum atomic E-state index is 4.38. The third-order valence-corrected chi connectivity index (χ3v) is 5.87. The van der Waals surface area contributed by atoms with Crippen LogP contribution in [0, 0.1) is 5.92 Å². The van der Waals surface area contributed by atoms with Gasteiger partial charge in [0.05, 0.1) is 0 Å². The normalized spacial score (nSPS) is 19.2. The number of halogens is 1. The number of guanidine groups is 1. The summed E-state index contributed by atoms with van der Waals surface area (Å²) < 4.78 is 0. The molecular formula is C22H38IN5. The van der Waals surface area contributed by atoms with E-state index in [1.807, 2.05) is 7.05 Å². The lowest BCUT2D eigenvalue weighted by Gasteiger charge is -2.26. The largest absolute Gasteiger partial charge is 0.355 e. The van der Waals surface area contributed by atoms with Crippen LogP contribution >= 0.6 is 24.0 Å². The molecule has 1 atom stereocenters. The van der Waals surface area contributed by atoms with Crippen molar-refractivity contribution in [1.82, 2.24) is 20.4 Å². The van der Waals surface area contributed by atoms with Crippen molar-refractivity contribution in [3.05, 3.63) is 35.4 Å². The van der Waals surface area contributed by atoms with Gasteiger partial charge in [0, 0.05) is 32.7 Å². The van der Waals surface area contributed by atoms with Crippen LogP contribution in [0.3, 0.4) is 0 Å². The Morgan fingerprint density at radius 1 is 1.07 bits per heavy atom. The van der Waals surface area contributed by atoms with E-state index in [4.69, 9.17) is 0 Å². The molecule has 1 aromatic carbocycles. The summed E-state index contributed by atoms with van der Waals surface area (Å²) in [5.74, 6) is 1.73. The number of hydrogen-bond donors (Lipinski definition) is 2. The van der Waals surface area contributed by atoms with Gasteiger partial charge >= 0.3 is 0 Å². The van der Waals surface area contributed by atoms with Crippen molar-refractivity contribution >= 4 is 29.9 Å². The first-order valence-corrected chi connectivity index (χ1v) is 10.6. The molecule has 0 amide bonds. The van der Waals surface area contributed by atoms with Gasteiger partial charge in [0.25, 0.3) is 0 Å². The molecule has 5 nitrogen and oxygen atoms in total. The minimum Gasteiger partial charge on any atom is -0.355 e. The summed E-state index contributed by atoms with van der Waals surface area (Å²) in [6.07, 6.45) is 6.82. The zero-order valence-electron chi connectivity index (χ0n) is 17.8. The molecule has 1 unspecified atom stereocenters. The second-order valence-corrected chi connectivity index (χ2v) is 8.33. The van der Waals surface area contributed by atoms with Crippen molar-refractivity contribution in [2.45, 2.75) is 51.2 Å². The zero-order valence-corrected chi connectivity index (χ0v) is 20.1. The van der Waals surface area contributed by atoms with Crippen LogP contribution in [0.4, 0.5) is 0 Å². The molecule has 2 aliphatic rings. The fourth-order valence-corrected chi connectivity index (χ4v) is 4.00. The number of hydrogen-bond acceptors (Lipinski definition) is 3. The molecule has 0 radical (unpaired) electrons. The predicted octanol–water partition coefficient (Wildman–Crippen LogP) is 3.30. The smallest absolute Gasteiger partial charge is 0.191 e. The minimum atomic E-state index is 0. The Balaban J connectivity index is 0.00000280. The molecule has 1 heterocycles. The highest BCUT2D eigenvalue weighted by molar-refractivity contribution is 14.0.